The predicted octanol–water partition coefficient (Wildman–Crippen LogP) is 2.75. The number of nitrogens with one attached hydrogen (secondary N) is 2. The lowest BCUT2D eigenvalue weighted by Crippen LogP contribution is -2.12. The smallest absolute Gasteiger partial charge is 0.235 e. The number of fused-ring (bicyclic) bond motifs is 1. The fourth-order valence-corrected chi connectivity index (χ4v) is 3.30. The minimum Gasteiger partial charge on any atom is -0.490 e. The summed E-state index contributed by atoms with van der Waals surface area (Å²) in [6, 6.07) is 7.89. The van der Waals surface area contributed by atoms with Crippen molar-refractivity contribution in [1.29, 1.82) is 0 Å². The van der Waals surface area contributed by atoms with E-state index in [4.69, 9.17) is 4.74 Å². The Morgan fingerprint density at radius 3 is 3.29 bits per heavy atom. The van der Waals surface area contributed by atoms with E-state index in [2.05, 4.69) is 22.1 Å². The van der Waals surface area contributed by atoms with Crippen molar-refractivity contribution in [2.45, 2.75) is 5.25 Å². The van der Waals surface area contributed by atoms with Crippen LogP contribution in [0.1, 0.15) is 16.4 Å². The molecule has 1 amide bonds. The number of anilines is 1. The average molecular weight is 301 g/mol. The molecule has 0 fully saturated rings. The van der Waals surface area contributed by atoms with E-state index in [1.165, 1.54) is 0 Å². The Morgan fingerprint density at radius 2 is 2.43 bits per heavy atom. The van der Waals surface area contributed by atoms with Gasteiger partial charge in [-0.15, -0.1) is 11.8 Å². The van der Waals surface area contributed by atoms with Crippen LogP contribution < -0.4 is 10.1 Å². The fourth-order valence-electron chi connectivity index (χ4n) is 2.22. The molecule has 0 aliphatic carbocycles. The summed E-state index contributed by atoms with van der Waals surface area (Å²) in [6.45, 7) is 4.11. The molecule has 1 aromatic carbocycles. The van der Waals surface area contributed by atoms with Gasteiger partial charge in [0.1, 0.15) is 18.2 Å². The summed E-state index contributed by atoms with van der Waals surface area (Å²) in [5, 5.41) is 9.74. The van der Waals surface area contributed by atoms with Crippen molar-refractivity contribution >= 4 is 23.5 Å². The third-order valence-electron chi connectivity index (χ3n) is 3.13. The van der Waals surface area contributed by atoms with Crippen LogP contribution in [0, 0.1) is 0 Å². The molecule has 0 saturated carbocycles. The van der Waals surface area contributed by atoms with E-state index in [9.17, 15) is 4.79 Å². The minimum absolute atomic E-state index is 0.0212. The molecule has 0 saturated heterocycles. The molecule has 1 aliphatic heterocycles. The molecular formula is C15H15N3O2S. The van der Waals surface area contributed by atoms with Crippen molar-refractivity contribution in [2.75, 3.05) is 17.7 Å². The van der Waals surface area contributed by atoms with Crippen molar-refractivity contribution in [3.05, 3.63) is 54.2 Å². The number of thioether (sulfide) groups is 1. The molecule has 5 nitrogen and oxygen atoms in total. The number of H-pyrrole nitrogens is 1. The maximum absolute atomic E-state index is 11.7. The summed E-state index contributed by atoms with van der Waals surface area (Å²) in [7, 11) is 0. The van der Waals surface area contributed by atoms with Gasteiger partial charge in [0.05, 0.1) is 17.2 Å². The van der Waals surface area contributed by atoms with Gasteiger partial charge in [-0.3, -0.25) is 9.89 Å². The van der Waals surface area contributed by atoms with E-state index >= 15 is 0 Å². The standard InChI is InChI=1S/C15H15N3O2S/c1-2-6-20-11-5-3-4-10(7-11)14-12-8-16-18-15(12)17-13(19)9-21-14/h2-5,7-8,14H,1,6,9H2,(H2,16,17,18,19)/t14-/m1/s1. The highest BCUT2D eigenvalue weighted by Crippen LogP contribution is 2.41. The van der Waals surface area contributed by atoms with Crippen LogP contribution in [-0.2, 0) is 4.79 Å². The van der Waals surface area contributed by atoms with Gasteiger partial charge < -0.3 is 10.1 Å². The van der Waals surface area contributed by atoms with Gasteiger partial charge >= 0.3 is 0 Å². The lowest BCUT2D eigenvalue weighted by atomic mass is 10.1. The third-order valence-corrected chi connectivity index (χ3v) is 4.41. The van der Waals surface area contributed by atoms with Gasteiger partial charge in [0, 0.05) is 5.56 Å². The summed E-state index contributed by atoms with van der Waals surface area (Å²) < 4.78 is 5.58. The number of nitrogens with zero attached hydrogens (tertiary/aromatic N) is 1. The van der Waals surface area contributed by atoms with Gasteiger partial charge in [0.25, 0.3) is 0 Å². The summed E-state index contributed by atoms with van der Waals surface area (Å²) >= 11 is 1.58. The topological polar surface area (TPSA) is 67.0 Å². The Bertz CT molecular complexity index is 668. The van der Waals surface area contributed by atoms with Crippen molar-refractivity contribution in [1.82, 2.24) is 10.2 Å². The molecule has 1 atom stereocenters. The third kappa shape index (κ3) is 2.95. The summed E-state index contributed by atoms with van der Waals surface area (Å²) in [5.74, 6) is 1.85. The number of carbonyl (C=O) groups is 1. The monoisotopic (exact) mass is 301 g/mol. The van der Waals surface area contributed by atoms with E-state index in [1.807, 2.05) is 24.3 Å². The number of amides is 1. The van der Waals surface area contributed by atoms with Crippen LogP contribution in [0.5, 0.6) is 5.75 Å². The van der Waals surface area contributed by atoms with Crippen LogP contribution in [0.4, 0.5) is 5.82 Å². The summed E-state index contributed by atoms with van der Waals surface area (Å²) in [6.07, 6.45) is 3.47. The highest BCUT2D eigenvalue weighted by molar-refractivity contribution is 8.00. The zero-order chi connectivity index (χ0) is 14.7. The van der Waals surface area contributed by atoms with Crippen molar-refractivity contribution < 1.29 is 9.53 Å². The Labute approximate surface area is 126 Å². The molecule has 0 radical (unpaired) electrons. The lowest BCUT2D eigenvalue weighted by molar-refractivity contribution is -0.113. The summed E-state index contributed by atoms with van der Waals surface area (Å²) in [4.78, 5) is 11.7. The SMILES string of the molecule is C=CCOc1cccc([C@H]2SCC(=O)Nc3[nH]ncc32)c1. The second-order valence-corrected chi connectivity index (χ2v) is 5.71. The maximum atomic E-state index is 11.7. The molecule has 21 heavy (non-hydrogen) atoms. The zero-order valence-electron chi connectivity index (χ0n) is 11.3. The Balaban J connectivity index is 1.93. The number of hydrogen-bond donors (Lipinski definition) is 2. The molecular weight excluding hydrogens is 286 g/mol. The molecule has 2 heterocycles. The number of aromatic amines is 1. The number of aromatic nitrogens is 2. The molecule has 3 rings (SSSR count). The number of benzene rings is 1. The van der Waals surface area contributed by atoms with E-state index in [0.717, 1.165) is 16.9 Å². The Hall–Kier alpha value is -2.21. The van der Waals surface area contributed by atoms with Gasteiger partial charge in [-0.2, -0.15) is 5.10 Å². The van der Waals surface area contributed by atoms with Gasteiger partial charge in [0.2, 0.25) is 5.91 Å². The maximum Gasteiger partial charge on any atom is 0.235 e. The molecule has 1 aliphatic rings. The molecule has 2 N–H and O–H groups in total. The highest BCUT2D eigenvalue weighted by Gasteiger charge is 2.25. The highest BCUT2D eigenvalue weighted by atomic mass is 32.2. The molecule has 6 heteroatoms. The van der Waals surface area contributed by atoms with E-state index in [1.54, 1.807) is 24.0 Å². The Morgan fingerprint density at radius 1 is 1.52 bits per heavy atom. The van der Waals surface area contributed by atoms with Gasteiger partial charge in [-0.25, -0.2) is 0 Å². The molecule has 108 valence electrons. The first-order valence-corrected chi connectivity index (χ1v) is 7.61. The molecule has 1 aromatic heterocycles. The van der Waals surface area contributed by atoms with E-state index in [0.29, 0.717) is 18.2 Å². The van der Waals surface area contributed by atoms with E-state index in [-0.39, 0.29) is 11.2 Å². The minimum atomic E-state index is -0.0212. The fraction of sp³-hybridized carbons (Fsp3) is 0.200. The van der Waals surface area contributed by atoms with Gasteiger partial charge in [-0.1, -0.05) is 24.8 Å². The first-order valence-electron chi connectivity index (χ1n) is 6.56. The van der Waals surface area contributed by atoms with Crippen molar-refractivity contribution in [3.63, 3.8) is 0 Å². The number of ether oxygens (including phenoxy) is 1. The molecule has 0 bridgehead atoms. The Kier molecular flexibility index (Phi) is 3.96. The van der Waals surface area contributed by atoms with Gasteiger partial charge in [0.15, 0.2) is 0 Å². The number of rotatable bonds is 4. The quantitative estimate of drug-likeness (QED) is 0.852. The average Bonchev–Trinajstić information content (AvgIpc) is 2.88. The largest absolute Gasteiger partial charge is 0.490 e. The summed E-state index contributed by atoms with van der Waals surface area (Å²) in [5.41, 5.74) is 2.06. The van der Waals surface area contributed by atoms with Crippen molar-refractivity contribution in [3.8, 4) is 5.75 Å². The van der Waals surface area contributed by atoms with Crippen LogP contribution in [0.25, 0.3) is 0 Å². The second kappa shape index (κ2) is 6.05. The van der Waals surface area contributed by atoms with Crippen LogP contribution >= 0.6 is 11.8 Å². The number of carbonyl (C=O) groups excluding carboxylic acids is 1. The van der Waals surface area contributed by atoms with Crippen LogP contribution in [0.2, 0.25) is 0 Å². The number of hydrogen-bond acceptors (Lipinski definition) is 4. The second-order valence-electron chi connectivity index (χ2n) is 4.61. The van der Waals surface area contributed by atoms with Gasteiger partial charge in [-0.05, 0) is 17.7 Å². The normalized spacial score (nSPS) is 17.5. The molecule has 2 aromatic rings. The first-order chi connectivity index (χ1) is 10.3. The first kappa shape index (κ1) is 13.8. The van der Waals surface area contributed by atoms with Crippen LogP contribution in [0.3, 0.4) is 0 Å². The van der Waals surface area contributed by atoms with E-state index < -0.39 is 0 Å². The predicted molar refractivity (Wildman–Crippen MR) is 83.7 cm³/mol. The molecule has 0 unspecified atom stereocenters. The van der Waals surface area contributed by atoms with Crippen LogP contribution in [-0.4, -0.2) is 28.5 Å². The van der Waals surface area contributed by atoms with Crippen LogP contribution in [0.15, 0.2) is 43.1 Å². The zero-order valence-corrected chi connectivity index (χ0v) is 12.2. The van der Waals surface area contributed by atoms with Crippen molar-refractivity contribution in [2.24, 2.45) is 0 Å². The molecule has 0 spiro atoms. The lowest BCUT2D eigenvalue weighted by Gasteiger charge is -2.15.